The number of amides is 1. The second kappa shape index (κ2) is 8.22. The van der Waals surface area contributed by atoms with E-state index in [9.17, 15) is 4.79 Å². The molecule has 3 N–H and O–H groups in total. The lowest BCUT2D eigenvalue weighted by Gasteiger charge is -2.31. The van der Waals surface area contributed by atoms with Gasteiger partial charge in [0.1, 0.15) is 5.75 Å². The van der Waals surface area contributed by atoms with Crippen molar-refractivity contribution in [1.29, 1.82) is 0 Å². The number of hydrogen-bond donors (Lipinski definition) is 2. The van der Waals surface area contributed by atoms with Gasteiger partial charge in [-0.1, -0.05) is 12.1 Å². The Balaban J connectivity index is 0.00000220. The van der Waals surface area contributed by atoms with E-state index in [1.807, 2.05) is 24.3 Å². The Morgan fingerprint density at radius 1 is 1.33 bits per heavy atom. The number of methoxy groups -OCH3 is 1. The summed E-state index contributed by atoms with van der Waals surface area (Å²) in [5, 5.41) is 2.92. The van der Waals surface area contributed by atoms with Gasteiger partial charge < -0.3 is 20.5 Å². The molecule has 1 amide bonds. The van der Waals surface area contributed by atoms with Crippen LogP contribution in [0.15, 0.2) is 24.3 Å². The number of carbonyl (C=O) groups excluding carboxylic acids is 1. The highest BCUT2D eigenvalue weighted by Crippen LogP contribution is 2.17. The SMILES string of the molecule is COc1ccc(CCNC(=O)C2(N)CCOCC2)cc1.Cl. The molecular formula is C15H23ClN2O3. The maximum Gasteiger partial charge on any atom is 0.240 e. The Kier molecular flexibility index (Phi) is 6.95. The van der Waals surface area contributed by atoms with Crippen molar-refractivity contribution < 1.29 is 14.3 Å². The minimum atomic E-state index is -0.766. The summed E-state index contributed by atoms with van der Waals surface area (Å²) in [6.07, 6.45) is 1.95. The van der Waals surface area contributed by atoms with Crippen LogP contribution in [0.1, 0.15) is 18.4 Å². The second-order valence-electron chi connectivity index (χ2n) is 5.12. The summed E-state index contributed by atoms with van der Waals surface area (Å²) in [4.78, 5) is 12.1. The minimum absolute atomic E-state index is 0. The van der Waals surface area contributed by atoms with Crippen LogP contribution in [0.5, 0.6) is 5.75 Å². The lowest BCUT2D eigenvalue weighted by Crippen LogP contribution is -2.57. The quantitative estimate of drug-likeness (QED) is 0.859. The first-order valence-corrected chi connectivity index (χ1v) is 6.92. The van der Waals surface area contributed by atoms with Crippen LogP contribution in [0.4, 0.5) is 0 Å². The van der Waals surface area contributed by atoms with Gasteiger partial charge in [0.2, 0.25) is 5.91 Å². The fourth-order valence-corrected chi connectivity index (χ4v) is 2.25. The molecule has 0 unspecified atom stereocenters. The van der Waals surface area contributed by atoms with Crippen molar-refractivity contribution in [2.75, 3.05) is 26.9 Å². The normalized spacial score (nSPS) is 16.7. The Morgan fingerprint density at radius 2 is 1.95 bits per heavy atom. The predicted octanol–water partition coefficient (Wildman–Crippen LogP) is 1.28. The fraction of sp³-hybridized carbons (Fsp3) is 0.533. The van der Waals surface area contributed by atoms with E-state index < -0.39 is 5.54 Å². The van der Waals surface area contributed by atoms with Crippen LogP contribution in [0, 0.1) is 0 Å². The first-order chi connectivity index (χ1) is 9.64. The zero-order valence-electron chi connectivity index (χ0n) is 12.3. The minimum Gasteiger partial charge on any atom is -0.497 e. The molecule has 0 bridgehead atoms. The number of nitrogens with two attached hydrogens (primary N) is 1. The summed E-state index contributed by atoms with van der Waals surface area (Å²) in [5.41, 5.74) is 6.50. The molecule has 1 aliphatic rings. The van der Waals surface area contributed by atoms with Gasteiger partial charge >= 0.3 is 0 Å². The number of nitrogens with one attached hydrogen (secondary N) is 1. The molecule has 6 heteroatoms. The van der Waals surface area contributed by atoms with Gasteiger partial charge in [0, 0.05) is 19.8 Å². The average molecular weight is 315 g/mol. The van der Waals surface area contributed by atoms with Gasteiger partial charge in [-0.3, -0.25) is 4.79 Å². The highest BCUT2D eigenvalue weighted by atomic mass is 35.5. The van der Waals surface area contributed by atoms with Crippen LogP contribution in [0.2, 0.25) is 0 Å². The number of benzene rings is 1. The molecule has 1 heterocycles. The number of ether oxygens (including phenoxy) is 2. The third kappa shape index (κ3) is 4.88. The Hall–Kier alpha value is -1.30. The number of hydrogen-bond acceptors (Lipinski definition) is 4. The van der Waals surface area contributed by atoms with Crippen molar-refractivity contribution in [3.05, 3.63) is 29.8 Å². The third-order valence-electron chi connectivity index (χ3n) is 3.70. The van der Waals surface area contributed by atoms with E-state index in [0.29, 0.717) is 32.6 Å². The average Bonchev–Trinajstić information content (AvgIpc) is 2.48. The molecule has 0 radical (unpaired) electrons. The zero-order valence-corrected chi connectivity index (χ0v) is 13.1. The van der Waals surface area contributed by atoms with Crippen LogP contribution < -0.4 is 15.8 Å². The number of halogens is 1. The van der Waals surface area contributed by atoms with Crippen molar-refractivity contribution in [1.82, 2.24) is 5.32 Å². The smallest absolute Gasteiger partial charge is 0.240 e. The van der Waals surface area contributed by atoms with Crippen molar-refractivity contribution in [3.8, 4) is 5.75 Å². The van der Waals surface area contributed by atoms with Gasteiger partial charge in [-0.25, -0.2) is 0 Å². The number of carbonyl (C=O) groups is 1. The molecule has 21 heavy (non-hydrogen) atoms. The second-order valence-corrected chi connectivity index (χ2v) is 5.12. The first kappa shape index (κ1) is 17.8. The maximum absolute atomic E-state index is 12.1. The largest absolute Gasteiger partial charge is 0.497 e. The molecule has 1 aromatic carbocycles. The van der Waals surface area contributed by atoms with Gasteiger partial charge in [0.25, 0.3) is 0 Å². The van der Waals surface area contributed by atoms with Gasteiger partial charge in [-0.15, -0.1) is 12.4 Å². The van der Waals surface area contributed by atoms with E-state index >= 15 is 0 Å². The summed E-state index contributed by atoms with van der Waals surface area (Å²) >= 11 is 0. The van der Waals surface area contributed by atoms with Crippen molar-refractivity contribution >= 4 is 18.3 Å². The van der Waals surface area contributed by atoms with E-state index in [-0.39, 0.29) is 18.3 Å². The van der Waals surface area contributed by atoms with Crippen molar-refractivity contribution in [2.24, 2.45) is 5.73 Å². The van der Waals surface area contributed by atoms with E-state index in [1.165, 1.54) is 0 Å². The third-order valence-corrected chi connectivity index (χ3v) is 3.70. The standard InChI is InChI=1S/C15H22N2O3.ClH/c1-19-13-4-2-12(3-5-13)6-9-17-14(18)15(16)7-10-20-11-8-15;/h2-5H,6-11,16H2,1H3,(H,17,18);1H. The molecule has 0 atom stereocenters. The van der Waals surface area contributed by atoms with Gasteiger partial charge in [0.15, 0.2) is 0 Å². The molecule has 0 saturated carbocycles. The van der Waals surface area contributed by atoms with Gasteiger partial charge in [0.05, 0.1) is 12.6 Å². The van der Waals surface area contributed by atoms with Crippen LogP contribution >= 0.6 is 12.4 Å². The summed E-state index contributed by atoms with van der Waals surface area (Å²) < 4.78 is 10.3. The predicted molar refractivity (Wildman–Crippen MR) is 83.9 cm³/mol. The zero-order chi connectivity index (χ0) is 14.4. The molecule has 1 aromatic rings. The molecule has 1 saturated heterocycles. The highest BCUT2D eigenvalue weighted by molar-refractivity contribution is 5.86. The number of rotatable bonds is 5. The van der Waals surface area contributed by atoms with Crippen molar-refractivity contribution in [2.45, 2.75) is 24.8 Å². The van der Waals surface area contributed by atoms with Gasteiger partial charge in [-0.2, -0.15) is 0 Å². The molecule has 0 aliphatic carbocycles. The summed E-state index contributed by atoms with van der Waals surface area (Å²) in [7, 11) is 1.64. The van der Waals surface area contributed by atoms with Crippen LogP contribution in [0.25, 0.3) is 0 Å². The van der Waals surface area contributed by atoms with E-state index in [0.717, 1.165) is 17.7 Å². The molecule has 0 aromatic heterocycles. The van der Waals surface area contributed by atoms with Gasteiger partial charge in [-0.05, 0) is 37.0 Å². The molecular weight excluding hydrogens is 292 g/mol. The van der Waals surface area contributed by atoms with E-state index in [1.54, 1.807) is 7.11 Å². The Bertz CT molecular complexity index is 445. The monoisotopic (exact) mass is 314 g/mol. The molecule has 2 rings (SSSR count). The summed E-state index contributed by atoms with van der Waals surface area (Å²) in [5.74, 6) is 0.759. The topological polar surface area (TPSA) is 73.6 Å². The first-order valence-electron chi connectivity index (χ1n) is 6.92. The van der Waals surface area contributed by atoms with Crippen LogP contribution in [-0.2, 0) is 16.0 Å². The molecule has 1 aliphatic heterocycles. The molecule has 5 nitrogen and oxygen atoms in total. The van der Waals surface area contributed by atoms with Crippen LogP contribution in [-0.4, -0.2) is 38.3 Å². The Labute approximate surface area is 131 Å². The highest BCUT2D eigenvalue weighted by Gasteiger charge is 2.35. The van der Waals surface area contributed by atoms with Crippen LogP contribution in [0.3, 0.4) is 0 Å². The van der Waals surface area contributed by atoms with Crippen molar-refractivity contribution in [3.63, 3.8) is 0 Å². The lowest BCUT2D eigenvalue weighted by molar-refractivity contribution is -0.129. The van der Waals surface area contributed by atoms with E-state index in [4.69, 9.17) is 15.2 Å². The maximum atomic E-state index is 12.1. The molecule has 0 spiro atoms. The van der Waals surface area contributed by atoms with E-state index in [2.05, 4.69) is 5.32 Å². The Morgan fingerprint density at radius 3 is 2.52 bits per heavy atom. The lowest BCUT2D eigenvalue weighted by atomic mass is 9.90. The summed E-state index contributed by atoms with van der Waals surface area (Å²) in [6, 6.07) is 7.83. The molecule has 1 fully saturated rings. The molecule has 118 valence electrons. The fourth-order valence-electron chi connectivity index (χ4n) is 2.25. The summed E-state index contributed by atoms with van der Waals surface area (Å²) in [6.45, 7) is 1.70.